The lowest BCUT2D eigenvalue weighted by Crippen LogP contribution is -2.25. The van der Waals surface area contributed by atoms with Crippen LogP contribution in [0.15, 0.2) is 54.6 Å². The van der Waals surface area contributed by atoms with E-state index in [4.69, 9.17) is 4.74 Å². The first kappa shape index (κ1) is 15.3. The molecule has 2 rings (SSSR count). The highest BCUT2D eigenvalue weighted by atomic mass is 16.5. The lowest BCUT2D eigenvalue weighted by Gasteiger charge is -2.10. The second-order valence-electron chi connectivity index (χ2n) is 4.95. The summed E-state index contributed by atoms with van der Waals surface area (Å²) in [5, 5.41) is 9.73. The Morgan fingerprint density at radius 1 is 1.00 bits per heavy atom. The van der Waals surface area contributed by atoms with Gasteiger partial charge in [-0.1, -0.05) is 54.6 Å². The standard InChI is InChI=1S/C18H20O3/c1-2-21-18(20)17(19)13-16-10-8-15(9-11-16)12-14-6-4-3-5-7-14/h3-11,17,19H,2,12-13H2,1H3/t17-/m0/s1. The molecular weight excluding hydrogens is 264 g/mol. The molecule has 0 bridgehead atoms. The summed E-state index contributed by atoms with van der Waals surface area (Å²) in [5.41, 5.74) is 3.39. The van der Waals surface area contributed by atoms with Crippen LogP contribution >= 0.6 is 0 Å². The predicted molar refractivity (Wildman–Crippen MR) is 82.0 cm³/mol. The number of aliphatic hydroxyl groups excluding tert-OH is 1. The Hall–Kier alpha value is -2.13. The fourth-order valence-corrected chi connectivity index (χ4v) is 2.17. The lowest BCUT2D eigenvalue weighted by atomic mass is 10.0. The van der Waals surface area contributed by atoms with Gasteiger partial charge in [0.05, 0.1) is 6.61 Å². The molecule has 21 heavy (non-hydrogen) atoms. The average molecular weight is 284 g/mol. The molecule has 0 heterocycles. The van der Waals surface area contributed by atoms with Gasteiger partial charge in [-0.15, -0.1) is 0 Å². The van der Waals surface area contributed by atoms with Crippen LogP contribution in [0.3, 0.4) is 0 Å². The van der Waals surface area contributed by atoms with Crippen molar-refractivity contribution >= 4 is 5.97 Å². The van der Waals surface area contributed by atoms with Gasteiger partial charge in [-0.25, -0.2) is 4.79 Å². The maximum atomic E-state index is 11.4. The molecule has 0 unspecified atom stereocenters. The number of carbonyl (C=O) groups is 1. The Morgan fingerprint density at radius 3 is 2.19 bits per heavy atom. The molecule has 0 aliphatic heterocycles. The molecule has 0 saturated carbocycles. The molecule has 0 fully saturated rings. The van der Waals surface area contributed by atoms with Crippen molar-refractivity contribution in [2.75, 3.05) is 6.61 Å². The quantitative estimate of drug-likeness (QED) is 0.830. The molecule has 2 aromatic carbocycles. The van der Waals surface area contributed by atoms with Crippen molar-refractivity contribution in [3.63, 3.8) is 0 Å². The molecule has 3 nitrogen and oxygen atoms in total. The van der Waals surface area contributed by atoms with Gasteiger partial charge in [-0.3, -0.25) is 0 Å². The summed E-state index contributed by atoms with van der Waals surface area (Å²) in [7, 11) is 0. The molecule has 0 radical (unpaired) electrons. The van der Waals surface area contributed by atoms with Crippen molar-refractivity contribution < 1.29 is 14.6 Å². The van der Waals surface area contributed by atoms with Gasteiger partial charge in [0, 0.05) is 6.42 Å². The molecule has 1 N–H and O–H groups in total. The fraction of sp³-hybridized carbons (Fsp3) is 0.278. The number of carbonyl (C=O) groups excluding carboxylic acids is 1. The van der Waals surface area contributed by atoms with E-state index in [1.54, 1.807) is 6.92 Å². The molecule has 0 aliphatic carbocycles. The van der Waals surface area contributed by atoms with E-state index in [-0.39, 0.29) is 13.0 Å². The Balaban J connectivity index is 1.94. The Morgan fingerprint density at radius 2 is 1.57 bits per heavy atom. The zero-order chi connectivity index (χ0) is 15.1. The summed E-state index contributed by atoms with van der Waals surface area (Å²) in [6.07, 6.45) is 0.0661. The van der Waals surface area contributed by atoms with Gasteiger partial charge >= 0.3 is 5.97 Å². The summed E-state index contributed by atoms with van der Waals surface area (Å²) in [4.78, 5) is 11.4. The van der Waals surface area contributed by atoms with Gasteiger partial charge < -0.3 is 9.84 Å². The van der Waals surface area contributed by atoms with Crippen LogP contribution in [0, 0.1) is 0 Å². The number of esters is 1. The van der Waals surface area contributed by atoms with Crippen molar-refractivity contribution in [1.82, 2.24) is 0 Å². The largest absolute Gasteiger partial charge is 0.464 e. The predicted octanol–water partition coefficient (Wildman–Crippen LogP) is 2.74. The zero-order valence-electron chi connectivity index (χ0n) is 12.2. The minimum atomic E-state index is -1.09. The molecule has 110 valence electrons. The van der Waals surface area contributed by atoms with Crippen LogP contribution in [0.5, 0.6) is 0 Å². The van der Waals surface area contributed by atoms with Gasteiger partial charge in [0.1, 0.15) is 0 Å². The van der Waals surface area contributed by atoms with Crippen molar-refractivity contribution in [3.8, 4) is 0 Å². The highest BCUT2D eigenvalue weighted by molar-refractivity contribution is 5.74. The van der Waals surface area contributed by atoms with Gasteiger partial charge in [-0.05, 0) is 30.0 Å². The normalized spacial score (nSPS) is 11.9. The van der Waals surface area contributed by atoms with Crippen LogP contribution in [0.2, 0.25) is 0 Å². The smallest absolute Gasteiger partial charge is 0.335 e. The summed E-state index contributed by atoms with van der Waals surface area (Å²) in [5.74, 6) is -0.564. The number of ether oxygens (including phenoxy) is 1. The summed E-state index contributed by atoms with van der Waals surface area (Å²) in [6.45, 7) is 2.01. The van der Waals surface area contributed by atoms with E-state index in [9.17, 15) is 9.90 Å². The summed E-state index contributed by atoms with van der Waals surface area (Å²) in [6, 6.07) is 18.2. The van der Waals surface area contributed by atoms with Crippen molar-refractivity contribution in [2.45, 2.75) is 25.9 Å². The monoisotopic (exact) mass is 284 g/mol. The highest BCUT2D eigenvalue weighted by Crippen LogP contribution is 2.12. The van der Waals surface area contributed by atoms with Gasteiger partial charge in [0.25, 0.3) is 0 Å². The molecule has 1 atom stereocenters. The van der Waals surface area contributed by atoms with Crippen LogP contribution in [0.4, 0.5) is 0 Å². The first-order valence-electron chi connectivity index (χ1n) is 7.15. The maximum Gasteiger partial charge on any atom is 0.335 e. The molecular formula is C18H20O3. The SMILES string of the molecule is CCOC(=O)[C@@H](O)Cc1ccc(Cc2ccccc2)cc1. The van der Waals surface area contributed by atoms with Crippen LogP contribution in [-0.2, 0) is 22.4 Å². The fourth-order valence-electron chi connectivity index (χ4n) is 2.17. The van der Waals surface area contributed by atoms with Gasteiger partial charge in [0.15, 0.2) is 6.10 Å². The Kier molecular flexibility index (Phi) is 5.52. The molecule has 3 heteroatoms. The molecule has 2 aromatic rings. The van der Waals surface area contributed by atoms with E-state index < -0.39 is 12.1 Å². The van der Waals surface area contributed by atoms with Crippen molar-refractivity contribution in [3.05, 3.63) is 71.3 Å². The first-order chi connectivity index (χ1) is 10.2. The topological polar surface area (TPSA) is 46.5 Å². The van der Waals surface area contributed by atoms with E-state index >= 15 is 0 Å². The number of benzene rings is 2. The third-order valence-corrected chi connectivity index (χ3v) is 3.26. The van der Waals surface area contributed by atoms with Crippen molar-refractivity contribution in [2.24, 2.45) is 0 Å². The summed E-state index contributed by atoms with van der Waals surface area (Å²) >= 11 is 0. The highest BCUT2D eigenvalue weighted by Gasteiger charge is 2.16. The second-order valence-corrected chi connectivity index (χ2v) is 4.95. The number of rotatable bonds is 6. The molecule has 0 spiro atoms. The van der Waals surface area contributed by atoms with E-state index in [1.807, 2.05) is 42.5 Å². The molecule has 0 amide bonds. The number of hydrogen-bond donors (Lipinski definition) is 1. The van der Waals surface area contributed by atoms with E-state index in [1.165, 1.54) is 11.1 Å². The number of hydrogen-bond acceptors (Lipinski definition) is 3. The minimum Gasteiger partial charge on any atom is -0.464 e. The molecule has 0 saturated heterocycles. The number of aliphatic hydroxyl groups is 1. The van der Waals surface area contributed by atoms with E-state index in [0.717, 1.165) is 12.0 Å². The first-order valence-corrected chi connectivity index (χ1v) is 7.15. The third-order valence-electron chi connectivity index (χ3n) is 3.26. The minimum absolute atomic E-state index is 0.282. The van der Waals surface area contributed by atoms with E-state index in [2.05, 4.69) is 12.1 Å². The van der Waals surface area contributed by atoms with Crippen LogP contribution in [0.1, 0.15) is 23.6 Å². The second kappa shape index (κ2) is 7.60. The Labute approximate surface area is 125 Å². The average Bonchev–Trinajstić information content (AvgIpc) is 2.50. The lowest BCUT2D eigenvalue weighted by molar-refractivity contribution is -0.152. The van der Waals surface area contributed by atoms with Crippen LogP contribution in [-0.4, -0.2) is 23.8 Å². The van der Waals surface area contributed by atoms with Crippen molar-refractivity contribution in [1.29, 1.82) is 0 Å². The van der Waals surface area contributed by atoms with Crippen LogP contribution in [0.25, 0.3) is 0 Å². The van der Waals surface area contributed by atoms with Gasteiger partial charge in [-0.2, -0.15) is 0 Å². The molecule has 0 aromatic heterocycles. The van der Waals surface area contributed by atoms with E-state index in [0.29, 0.717) is 0 Å². The third kappa shape index (κ3) is 4.72. The van der Waals surface area contributed by atoms with Gasteiger partial charge in [0.2, 0.25) is 0 Å². The molecule has 0 aliphatic rings. The Bertz CT molecular complexity index is 561. The van der Waals surface area contributed by atoms with Crippen LogP contribution < -0.4 is 0 Å². The zero-order valence-corrected chi connectivity index (χ0v) is 12.2. The summed E-state index contributed by atoms with van der Waals surface area (Å²) < 4.78 is 4.79. The maximum absolute atomic E-state index is 11.4.